The summed E-state index contributed by atoms with van der Waals surface area (Å²) in [6.07, 6.45) is 1.56. The van der Waals surface area contributed by atoms with Crippen molar-refractivity contribution in [2.45, 2.75) is 18.6 Å². The van der Waals surface area contributed by atoms with Crippen LogP contribution in [0.3, 0.4) is 0 Å². The minimum absolute atomic E-state index is 0.191. The van der Waals surface area contributed by atoms with E-state index >= 15 is 0 Å². The fraction of sp³-hybridized carbons (Fsp3) is 0.300. The number of nitrogens with zero attached hydrogens (tertiary/aromatic N) is 1. The van der Waals surface area contributed by atoms with Crippen molar-refractivity contribution in [3.63, 3.8) is 0 Å². The highest BCUT2D eigenvalue weighted by Gasteiger charge is 2.21. The van der Waals surface area contributed by atoms with E-state index in [9.17, 15) is 4.79 Å². The average molecular weight is 454 g/mol. The van der Waals surface area contributed by atoms with Crippen molar-refractivity contribution >= 4 is 69.6 Å². The monoisotopic (exact) mass is 453 g/mol. The molecule has 0 unspecified atom stereocenters. The molecule has 1 heterocycles. The van der Waals surface area contributed by atoms with Crippen LogP contribution >= 0.6 is 47.2 Å². The number of halogens is 2. The van der Waals surface area contributed by atoms with Gasteiger partial charge in [0.25, 0.3) is 0 Å². The van der Waals surface area contributed by atoms with Crippen molar-refractivity contribution in [2.75, 3.05) is 29.1 Å². The number of carbonyl (C=O) groups excluding carboxylic acids is 1. The van der Waals surface area contributed by atoms with Gasteiger partial charge in [0, 0.05) is 42.4 Å². The first-order valence-corrected chi connectivity index (χ1v) is 11.3. The van der Waals surface area contributed by atoms with Crippen LogP contribution in [0.2, 0.25) is 10.0 Å². The number of hydrogen-bond acceptors (Lipinski definition) is 3. The highest BCUT2D eigenvalue weighted by atomic mass is 35.5. The number of benzene rings is 2. The van der Waals surface area contributed by atoms with Crippen LogP contribution in [0.15, 0.2) is 42.5 Å². The minimum Gasteiger partial charge on any atom is -0.362 e. The van der Waals surface area contributed by atoms with Crippen LogP contribution in [0.25, 0.3) is 0 Å². The summed E-state index contributed by atoms with van der Waals surface area (Å²) < 4.78 is 0. The molecule has 148 valence electrons. The quantitative estimate of drug-likeness (QED) is 0.437. The van der Waals surface area contributed by atoms with E-state index in [-0.39, 0.29) is 5.91 Å². The van der Waals surface area contributed by atoms with Gasteiger partial charge in [0.15, 0.2) is 5.11 Å². The highest BCUT2D eigenvalue weighted by Crippen LogP contribution is 2.25. The van der Waals surface area contributed by atoms with Gasteiger partial charge >= 0.3 is 0 Å². The molecule has 0 spiro atoms. The van der Waals surface area contributed by atoms with Crippen molar-refractivity contribution in [2.24, 2.45) is 0 Å². The summed E-state index contributed by atoms with van der Waals surface area (Å²) in [5, 5.41) is 8.12. The molecule has 1 fully saturated rings. The number of thioether (sulfide) groups is 1. The van der Waals surface area contributed by atoms with Gasteiger partial charge in [-0.2, -0.15) is 11.8 Å². The molecule has 28 heavy (non-hydrogen) atoms. The Labute approximate surface area is 185 Å². The summed E-state index contributed by atoms with van der Waals surface area (Å²) in [5.41, 5.74) is 2.98. The summed E-state index contributed by atoms with van der Waals surface area (Å²) in [5.74, 6) is 1.98. The maximum absolute atomic E-state index is 11.8. The molecule has 4 nitrogen and oxygen atoms in total. The predicted octanol–water partition coefficient (Wildman–Crippen LogP) is 5.34. The topological polar surface area (TPSA) is 44.4 Å². The molecule has 1 aliphatic heterocycles. The van der Waals surface area contributed by atoms with Crippen LogP contribution in [-0.2, 0) is 10.5 Å². The van der Waals surface area contributed by atoms with E-state index in [2.05, 4.69) is 10.6 Å². The fourth-order valence-corrected chi connectivity index (χ4v) is 4.22. The Morgan fingerprint density at radius 1 is 1.14 bits per heavy atom. The fourth-order valence-electron chi connectivity index (χ4n) is 2.88. The molecular formula is C20H21Cl2N3OS2. The third-order valence-corrected chi connectivity index (χ3v) is 6.31. The van der Waals surface area contributed by atoms with Crippen molar-refractivity contribution in [1.82, 2.24) is 5.32 Å². The zero-order chi connectivity index (χ0) is 19.9. The average Bonchev–Trinajstić information content (AvgIpc) is 3.11. The van der Waals surface area contributed by atoms with E-state index in [1.807, 2.05) is 47.4 Å². The lowest BCUT2D eigenvalue weighted by atomic mass is 10.2. The largest absolute Gasteiger partial charge is 0.362 e. The first-order valence-electron chi connectivity index (χ1n) is 9.00. The SMILES string of the molecule is O=C1CCCN1c1ccc(NC(=S)NCCSCc2ccc(Cl)c(Cl)c2)cc1. The molecule has 0 aromatic heterocycles. The van der Waals surface area contributed by atoms with E-state index in [0.717, 1.165) is 48.0 Å². The Kier molecular flexibility index (Phi) is 7.85. The Hall–Kier alpha value is -1.47. The van der Waals surface area contributed by atoms with E-state index in [1.165, 1.54) is 0 Å². The van der Waals surface area contributed by atoms with Crippen molar-refractivity contribution in [1.29, 1.82) is 0 Å². The van der Waals surface area contributed by atoms with E-state index in [0.29, 0.717) is 21.6 Å². The van der Waals surface area contributed by atoms with Crippen LogP contribution in [0.1, 0.15) is 18.4 Å². The zero-order valence-corrected chi connectivity index (χ0v) is 18.4. The molecule has 0 bridgehead atoms. The second-order valence-corrected chi connectivity index (χ2v) is 8.71. The number of anilines is 2. The first kappa shape index (κ1) is 21.2. The van der Waals surface area contributed by atoms with Crippen LogP contribution in [-0.4, -0.2) is 29.9 Å². The van der Waals surface area contributed by atoms with Gasteiger partial charge in [-0.05, 0) is 60.6 Å². The summed E-state index contributed by atoms with van der Waals surface area (Å²) in [7, 11) is 0. The molecule has 8 heteroatoms. The third kappa shape index (κ3) is 6.01. The van der Waals surface area contributed by atoms with Crippen LogP contribution in [0.5, 0.6) is 0 Å². The normalized spacial score (nSPS) is 13.6. The summed E-state index contributed by atoms with van der Waals surface area (Å²) in [6.45, 7) is 1.56. The lowest BCUT2D eigenvalue weighted by Gasteiger charge is -2.16. The molecule has 1 aliphatic rings. The highest BCUT2D eigenvalue weighted by molar-refractivity contribution is 7.98. The number of thiocarbonyl (C=S) groups is 1. The second kappa shape index (κ2) is 10.3. The molecule has 1 amide bonds. The maximum atomic E-state index is 11.8. The van der Waals surface area contributed by atoms with E-state index < -0.39 is 0 Å². The molecule has 2 N–H and O–H groups in total. The minimum atomic E-state index is 0.191. The third-order valence-electron chi connectivity index (χ3n) is 4.29. The zero-order valence-electron chi connectivity index (χ0n) is 15.2. The van der Waals surface area contributed by atoms with Crippen LogP contribution in [0.4, 0.5) is 11.4 Å². The van der Waals surface area contributed by atoms with Gasteiger partial charge in [-0.15, -0.1) is 0 Å². The first-order chi connectivity index (χ1) is 13.5. The second-order valence-electron chi connectivity index (χ2n) is 6.38. The lowest BCUT2D eigenvalue weighted by molar-refractivity contribution is -0.117. The number of rotatable bonds is 7. The Morgan fingerprint density at radius 3 is 2.61 bits per heavy atom. The number of amides is 1. The lowest BCUT2D eigenvalue weighted by Crippen LogP contribution is -2.30. The number of nitrogens with one attached hydrogen (secondary N) is 2. The van der Waals surface area contributed by atoms with Gasteiger partial charge in [0.05, 0.1) is 10.0 Å². The summed E-state index contributed by atoms with van der Waals surface area (Å²) in [6, 6.07) is 13.5. The van der Waals surface area contributed by atoms with E-state index in [1.54, 1.807) is 11.8 Å². The molecule has 3 rings (SSSR count). The van der Waals surface area contributed by atoms with Gasteiger partial charge in [-0.25, -0.2) is 0 Å². The van der Waals surface area contributed by atoms with Gasteiger partial charge in [0.2, 0.25) is 5.91 Å². The molecular weight excluding hydrogens is 433 g/mol. The summed E-state index contributed by atoms with van der Waals surface area (Å²) in [4.78, 5) is 13.6. The van der Waals surface area contributed by atoms with Crippen molar-refractivity contribution in [3.05, 3.63) is 58.1 Å². The van der Waals surface area contributed by atoms with E-state index in [4.69, 9.17) is 35.4 Å². The molecule has 0 saturated carbocycles. The molecule has 0 radical (unpaired) electrons. The molecule has 2 aromatic rings. The molecule has 1 saturated heterocycles. The summed E-state index contributed by atoms with van der Waals surface area (Å²) >= 11 is 19.1. The van der Waals surface area contributed by atoms with Gasteiger partial charge < -0.3 is 15.5 Å². The number of hydrogen-bond donors (Lipinski definition) is 2. The standard InChI is InChI=1S/C20H21Cl2N3OS2/c21-17-8-3-14(12-18(17)22)13-28-11-9-23-20(27)24-15-4-6-16(7-5-15)25-10-1-2-19(25)26/h3-8,12H,1-2,9-11,13H2,(H2,23,24,27). The van der Waals surface area contributed by atoms with Gasteiger partial charge in [-0.1, -0.05) is 29.3 Å². The Bertz CT molecular complexity index is 846. The maximum Gasteiger partial charge on any atom is 0.227 e. The smallest absolute Gasteiger partial charge is 0.227 e. The molecule has 0 atom stereocenters. The molecule has 0 aliphatic carbocycles. The van der Waals surface area contributed by atoms with Crippen LogP contribution in [0, 0.1) is 0 Å². The Balaban J connectivity index is 1.36. The van der Waals surface area contributed by atoms with Crippen LogP contribution < -0.4 is 15.5 Å². The Morgan fingerprint density at radius 2 is 1.93 bits per heavy atom. The predicted molar refractivity (Wildman–Crippen MR) is 125 cm³/mol. The number of carbonyl (C=O) groups is 1. The van der Waals surface area contributed by atoms with Gasteiger partial charge in [-0.3, -0.25) is 4.79 Å². The molecule has 2 aromatic carbocycles. The van der Waals surface area contributed by atoms with Crippen molar-refractivity contribution in [3.8, 4) is 0 Å². The van der Waals surface area contributed by atoms with Crippen molar-refractivity contribution < 1.29 is 4.79 Å². The van der Waals surface area contributed by atoms with Gasteiger partial charge in [0.1, 0.15) is 0 Å².